The molecule has 0 unspecified atom stereocenters. The smallest absolute Gasteiger partial charge is 0.0562 e. The third-order valence-corrected chi connectivity index (χ3v) is 14.4. The summed E-state index contributed by atoms with van der Waals surface area (Å²) in [6.45, 7) is 0. The van der Waals surface area contributed by atoms with Crippen LogP contribution in [0.25, 0.3) is 80.7 Å². The maximum atomic E-state index is 2.59. The van der Waals surface area contributed by atoms with Gasteiger partial charge in [0.1, 0.15) is 0 Å². The van der Waals surface area contributed by atoms with Crippen LogP contribution < -0.4 is 4.90 Å². The third-order valence-electron chi connectivity index (χ3n) is 13.2. The van der Waals surface area contributed by atoms with Gasteiger partial charge in [0.2, 0.25) is 0 Å². The van der Waals surface area contributed by atoms with Crippen LogP contribution in [-0.4, -0.2) is 4.57 Å². The number of hydrogen-bond acceptors (Lipinski definition) is 2. The van der Waals surface area contributed by atoms with Gasteiger partial charge in [0.05, 0.1) is 28.1 Å². The van der Waals surface area contributed by atoms with E-state index in [9.17, 15) is 0 Å². The summed E-state index contributed by atoms with van der Waals surface area (Å²) in [5, 5.41) is 7.78. The second kappa shape index (κ2) is 15.0. The van der Waals surface area contributed by atoms with Crippen LogP contribution in [-0.2, 0) is 0 Å². The first-order valence-corrected chi connectivity index (χ1v) is 22.6. The summed E-state index contributed by atoms with van der Waals surface area (Å²) in [6, 6.07) is 74.5. The highest BCUT2D eigenvalue weighted by molar-refractivity contribution is 7.26. The SMILES string of the molecule is c1ccc(-n2c3ccccc3c3c(N(c4ccccc4-c4cccc5c4sc4ccccc45)c4ccccc4-c4cccc5cccc(C6CCCCC6)c45)cccc32)cc1. The lowest BCUT2D eigenvalue weighted by molar-refractivity contribution is 0.445. The lowest BCUT2D eigenvalue weighted by Gasteiger charge is -2.31. The van der Waals surface area contributed by atoms with Crippen LogP contribution in [0.1, 0.15) is 43.6 Å². The van der Waals surface area contributed by atoms with Gasteiger partial charge in [0.25, 0.3) is 0 Å². The maximum Gasteiger partial charge on any atom is 0.0562 e. The van der Waals surface area contributed by atoms with Gasteiger partial charge in [-0.25, -0.2) is 0 Å². The summed E-state index contributed by atoms with van der Waals surface area (Å²) < 4.78 is 5.06. The molecular weight excluding hydrogens is 757 g/mol. The van der Waals surface area contributed by atoms with Gasteiger partial charge in [-0.15, -0.1) is 11.3 Å². The van der Waals surface area contributed by atoms with E-state index in [0.717, 1.165) is 22.7 Å². The highest BCUT2D eigenvalue weighted by Gasteiger charge is 2.27. The van der Waals surface area contributed by atoms with Crippen molar-refractivity contribution in [2.75, 3.05) is 4.90 Å². The van der Waals surface area contributed by atoms with E-state index in [4.69, 9.17) is 0 Å². The van der Waals surface area contributed by atoms with Crippen molar-refractivity contribution in [2.24, 2.45) is 0 Å². The van der Waals surface area contributed by atoms with E-state index >= 15 is 0 Å². The first-order valence-electron chi connectivity index (χ1n) is 21.8. The van der Waals surface area contributed by atoms with Crippen LogP contribution in [0.5, 0.6) is 0 Å². The van der Waals surface area contributed by atoms with E-state index < -0.39 is 0 Å². The molecule has 9 aromatic carbocycles. The number of para-hydroxylation sites is 4. The molecule has 2 heterocycles. The Kier molecular flexibility index (Phi) is 8.82. The van der Waals surface area contributed by atoms with E-state index in [1.807, 2.05) is 11.3 Å². The molecule has 292 valence electrons. The molecule has 2 aromatic heterocycles. The predicted octanol–water partition coefficient (Wildman–Crippen LogP) is 17.2. The molecule has 2 nitrogen and oxygen atoms in total. The average Bonchev–Trinajstić information content (AvgIpc) is 3.89. The lowest BCUT2D eigenvalue weighted by Crippen LogP contribution is -2.13. The first-order chi connectivity index (χ1) is 30.3. The fraction of sp³-hybridized carbons (Fsp3) is 0.103. The Hall–Kier alpha value is -6.94. The van der Waals surface area contributed by atoms with E-state index in [0.29, 0.717) is 5.92 Å². The van der Waals surface area contributed by atoms with Crippen molar-refractivity contribution >= 4 is 81.1 Å². The number of thiophene rings is 1. The van der Waals surface area contributed by atoms with E-state index in [2.05, 4.69) is 210 Å². The number of fused-ring (bicyclic) bond motifs is 7. The second-order valence-corrected chi connectivity index (χ2v) is 17.6. The van der Waals surface area contributed by atoms with Crippen LogP contribution in [0.15, 0.2) is 200 Å². The minimum Gasteiger partial charge on any atom is -0.309 e. The van der Waals surface area contributed by atoms with E-state index in [1.165, 1.54) is 113 Å². The molecule has 0 amide bonds. The van der Waals surface area contributed by atoms with Crippen molar-refractivity contribution in [3.05, 3.63) is 206 Å². The number of benzene rings is 9. The molecule has 1 aliphatic carbocycles. The average molecular weight is 801 g/mol. The Balaban J connectivity index is 1.18. The number of anilines is 3. The molecule has 0 N–H and O–H groups in total. The van der Waals surface area contributed by atoms with Crippen molar-refractivity contribution in [1.29, 1.82) is 0 Å². The largest absolute Gasteiger partial charge is 0.309 e. The molecule has 1 saturated carbocycles. The van der Waals surface area contributed by atoms with Gasteiger partial charge in [0, 0.05) is 53.3 Å². The van der Waals surface area contributed by atoms with Gasteiger partial charge in [-0.3, -0.25) is 0 Å². The predicted molar refractivity (Wildman–Crippen MR) is 263 cm³/mol. The number of aromatic nitrogens is 1. The van der Waals surface area contributed by atoms with Crippen molar-refractivity contribution < 1.29 is 0 Å². The molecule has 1 fully saturated rings. The summed E-state index contributed by atoms with van der Waals surface area (Å²) in [5.41, 5.74) is 13.5. The molecule has 1 aliphatic rings. The quantitative estimate of drug-likeness (QED) is 0.156. The molecule has 0 saturated heterocycles. The van der Waals surface area contributed by atoms with Crippen LogP contribution in [0, 0.1) is 0 Å². The van der Waals surface area contributed by atoms with Gasteiger partial charge in [-0.05, 0) is 89.2 Å². The van der Waals surface area contributed by atoms with Crippen molar-refractivity contribution in [3.8, 4) is 27.9 Å². The molecule has 0 atom stereocenters. The van der Waals surface area contributed by atoms with Crippen molar-refractivity contribution in [1.82, 2.24) is 4.57 Å². The van der Waals surface area contributed by atoms with Gasteiger partial charge < -0.3 is 9.47 Å². The summed E-state index contributed by atoms with van der Waals surface area (Å²) in [5.74, 6) is 0.572. The zero-order chi connectivity index (χ0) is 40.3. The van der Waals surface area contributed by atoms with Gasteiger partial charge in [0.15, 0.2) is 0 Å². The van der Waals surface area contributed by atoms with Crippen LogP contribution in [0.3, 0.4) is 0 Å². The zero-order valence-corrected chi connectivity index (χ0v) is 34.8. The second-order valence-electron chi connectivity index (χ2n) is 16.6. The molecule has 0 radical (unpaired) electrons. The topological polar surface area (TPSA) is 8.17 Å². The minimum absolute atomic E-state index is 0.572. The van der Waals surface area contributed by atoms with Gasteiger partial charge in [-0.2, -0.15) is 0 Å². The summed E-state index contributed by atoms with van der Waals surface area (Å²) in [7, 11) is 0. The van der Waals surface area contributed by atoms with Crippen LogP contribution in [0.2, 0.25) is 0 Å². The Labute approximate surface area is 360 Å². The number of rotatable bonds is 7. The highest BCUT2D eigenvalue weighted by atomic mass is 32.1. The standard InChI is InChI=1S/C58H44N2S/c1-3-19-39(20-4-1)42-29-15-21-40-22-16-30-46(56(40)42)43-25-7-11-33-50(43)60(51-34-12-8-26-44(51)47-31-17-32-48-45-27-10-14-38-55(45)61-58(47)48)54-37-18-36-53-57(54)49-28-9-13-35-52(49)59(53)41-23-5-2-6-24-41/h2,5-18,21-39H,1,3-4,19-20H2. The Bertz CT molecular complexity index is 3420. The Morgan fingerprint density at radius 3 is 1.80 bits per heavy atom. The van der Waals surface area contributed by atoms with Crippen LogP contribution >= 0.6 is 11.3 Å². The van der Waals surface area contributed by atoms with Gasteiger partial charge >= 0.3 is 0 Å². The van der Waals surface area contributed by atoms with E-state index in [1.54, 1.807) is 0 Å². The fourth-order valence-corrected chi connectivity index (χ4v) is 11.8. The first kappa shape index (κ1) is 36.0. The molecule has 0 bridgehead atoms. The van der Waals surface area contributed by atoms with Crippen LogP contribution in [0.4, 0.5) is 17.1 Å². The molecule has 0 aliphatic heterocycles. The Morgan fingerprint density at radius 2 is 0.984 bits per heavy atom. The molecule has 11 aromatic rings. The van der Waals surface area contributed by atoms with E-state index in [-0.39, 0.29) is 0 Å². The monoisotopic (exact) mass is 800 g/mol. The van der Waals surface area contributed by atoms with Crippen molar-refractivity contribution in [3.63, 3.8) is 0 Å². The highest BCUT2D eigenvalue weighted by Crippen LogP contribution is 2.52. The molecule has 12 rings (SSSR count). The summed E-state index contributed by atoms with van der Waals surface area (Å²) in [6.07, 6.45) is 6.46. The normalized spacial score (nSPS) is 13.5. The number of hydrogen-bond donors (Lipinski definition) is 0. The molecule has 0 spiro atoms. The van der Waals surface area contributed by atoms with Gasteiger partial charge in [-0.1, -0.05) is 171 Å². The fourth-order valence-electron chi connectivity index (χ4n) is 10.5. The summed E-state index contributed by atoms with van der Waals surface area (Å²) in [4.78, 5) is 2.59. The lowest BCUT2D eigenvalue weighted by atomic mass is 9.80. The number of nitrogens with zero attached hydrogens (tertiary/aromatic N) is 2. The Morgan fingerprint density at radius 1 is 0.410 bits per heavy atom. The molecular formula is C58H44N2S. The minimum atomic E-state index is 0.572. The zero-order valence-electron chi connectivity index (χ0n) is 34.0. The maximum absolute atomic E-state index is 2.59. The molecule has 3 heteroatoms. The molecule has 61 heavy (non-hydrogen) atoms. The van der Waals surface area contributed by atoms with Crippen molar-refractivity contribution in [2.45, 2.75) is 38.0 Å². The third kappa shape index (κ3) is 5.90. The summed E-state index contributed by atoms with van der Waals surface area (Å²) >= 11 is 1.90.